The van der Waals surface area contributed by atoms with Crippen LogP contribution < -0.4 is 21.3 Å². The summed E-state index contributed by atoms with van der Waals surface area (Å²) in [7, 11) is 0. The van der Waals surface area contributed by atoms with Gasteiger partial charge in [-0.3, -0.25) is 9.78 Å². The predicted molar refractivity (Wildman–Crippen MR) is 141 cm³/mol. The second kappa shape index (κ2) is 12.3. The lowest BCUT2D eigenvalue weighted by Crippen LogP contribution is -2.61. The Labute approximate surface area is 228 Å². The number of carbonyl (C=O) groups is 2. The van der Waals surface area contributed by atoms with Crippen LogP contribution >= 0.6 is 0 Å². The van der Waals surface area contributed by atoms with Gasteiger partial charge in [0, 0.05) is 31.9 Å². The van der Waals surface area contributed by atoms with Crippen molar-refractivity contribution in [3.63, 3.8) is 0 Å². The summed E-state index contributed by atoms with van der Waals surface area (Å²) in [6.45, 7) is 4.65. The molecule has 0 radical (unpaired) electrons. The van der Waals surface area contributed by atoms with Gasteiger partial charge in [-0.15, -0.1) is 0 Å². The van der Waals surface area contributed by atoms with Crippen molar-refractivity contribution in [3.8, 4) is 11.3 Å². The molecular formula is C27H29F3N6O4. The molecule has 13 heteroatoms. The number of ether oxygens (including phenoxy) is 1. The second-order valence-corrected chi connectivity index (χ2v) is 9.47. The molecule has 0 bridgehead atoms. The summed E-state index contributed by atoms with van der Waals surface area (Å²) in [5.74, 6) is -4.00. The molecule has 0 aliphatic carbocycles. The van der Waals surface area contributed by atoms with Gasteiger partial charge in [0.15, 0.2) is 0 Å². The van der Waals surface area contributed by atoms with Gasteiger partial charge >= 0.3 is 6.09 Å². The van der Waals surface area contributed by atoms with Crippen LogP contribution in [0.15, 0.2) is 42.7 Å². The fourth-order valence-corrected chi connectivity index (χ4v) is 4.76. The van der Waals surface area contributed by atoms with E-state index in [0.29, 0.717) is 31.1 Å². The fraction of sp³-hybridized carbons (Fsp3) is 0.333. The second-order valence-electron chi connectivity index (χ2n) is 9.47. The Kier molecular flexibility index (Phi) is 8.85. The highest BCUT2D eigenvalue weighted by atomic mass is 19.1. The summed E-state index contributed by atoms with van der Waals surface area (Å²) in [5.41, 5.74) is 5.72. The molecular weight excluding hydrogens is 529 g/mol. The number of anilines is 2. The van der Waals surface area contributed by atoms with E-state index >= 15 is 0 Å². The molecule has 1 aromatic carbocycles. The van der Waals surface area contributed by atoms with Crippen LogP contribution in [-0.4, -0.2) is 58.9 Å². The topological polar surface area (TPSA) is 143 Å². The molecule has 1 aliphatic heterocycles. The van der Waals surface area contributed by atoms with Gasteiger partial charge in [0.1, 0.15) is 28.8 Å². The number of hydrogen-bond donors (Lipinski definition) is 4. The summed E-state index contributed by atoms with van der Waals surface area (Å²) in [5, 5.41) is 14.2. The van der Waals surface area contributed by atoms with Gasteiger partial charge in [0.25, 0.3) is 5.91 Å². The standard InChI is InChI=1S/C27H29F3N6O4/c1-3-40-13-15-8-17(29)23(18(30)9-15)25-16(28)4-5-20(33-25)26(37)34-21-10-32-7-6-22(21)36-11-14(2)24(19(31)12-36)35-27(38)39/h4-10,14,19,24,35H,3,11-13,31H2,1-2H3,(H,34,37)(H,38,39)/t14-,19+,24-/m0/s1. The van der Waals surface area contributed by atoms with Crippen molar-refractivity contribution in [2.24, 2.45) is 11.7 Å². The van der Waals surface area contributed by atoms with Crippen molar-refractivity contribution < 1.29 is 32.6 Å². The lowest BCUT2D eigenvalue weighted by molar-refractivity contribution is 0.102. The van der Waals surface area contributed by atoms with Crippen LogP contribution in [-0.2, 0) is 11.3 Å². The van der Waals surface area contributed by atoms with E-state index < -0.39 is 52.8 Å². The maximum absolute atomic E-state index is 14.8. The third-order valence-corrected chi connectivity index (χ3v) is 6.58. The lowest BCUT2D eigenvalue weighted by Gasteiger charge is -2.42. The van der Waals surface area contributed by atoms with Gasteiger partial charge in [-0.25, -0.2) is 22.9 Å². The van der Waals surface area contributed by atoms with Crippen molar-refractivity contribution in [3.05, 3.63) is 71.4 Å². The smallest absolute Gasteiger partial charge is 0.404 e. The van der Waals surface area contributed by atoms with Crippen LogP contribution in [0.5, 0.6) is 0 Å². The van der Waals surface area contributed by atoms with E-state index in [4.69, 9.17) is 15.6 Å². The van der Waals surface area contributed by atoms with Crippen LogP contribution in [0, 0.1) is 23.4 Å². The lowest BCUT2D eigenvalue weighted by atomic mass is 9.90. The monoisotopic (exact) mass is 558 g/mol. The number of nitrogens with one attached hydrogen (secondary N) is 2. The maximum Gasteiger partial charge on any atom is 0.404 e. The highest BCUT2D eigenvalue weighted by molar-refractivity contribution is 6.04. The van der Waals surface area contributed by atoms with Crippen molar-refractivity contribution in [1.29, 1.82) is 0 Å². The Morgan fingerprint density at radius 3 is 2.52 bits per heavy atom. The quantitative estimate of drug-likeness (QED) is 0.327. The zero-order chi connectivity index (χ0) is 29.0. The Bertz CT molecular complexity index is 1370. The average molecular weight is 559 g/mol. The van der Waals surface area contributed by atoms with E-state index in [-0.39, 0.29) is 23.8 Å². The number of halogens is 3. The Morgan fingerprint density at radius 1 is 1.15 bits per heavy atom. The van der Waals surface area contributed by atoms with E-state index in [0.717, 1.165) is 24.3 Å². The number of carbonyl (C=O) groups excluding carboxylic acids is 1. The van der Waals surface area contributed by atoms with E-state index in [1.165, 1.54) is 12.4 Å². The minimum absolute atomic E-state index is 0.0200. The number of aromatic nitrogens is 2. The molecule has 3 heterocycles. The molecule has 4 rings (SSSR count). The summed E-state index contributed by atoms with van der Waals surface area (Å²) < 4.78 is 49.5. The molecule has 0 saturated carbocycles. The zero-order valence-corrected chi connectivity index (χ0v) is 21.8. The molecule has 2 amide bonds. The fourth-order valence-electron chi connectivity index (χ4n) is 4.76. The summed E-state index contributed by atoms with van der Waals surface area (Å²) in [4.78, 5) is 34.2. The van der Waals surface area contributed by atoms with Crippen molar-refractivity contribution in [2.45, 2.75) is 32.5 Å². The van der Waals surface area contributed by atoms with Gasteiger partial charge < -0.3 is 31.1 Å². The molecule has 1 saturated heterocycles. The molecule has 1 fully saturated rings. The first-order valence-corrected chi connectivity index (χ1v) is 12.6. The van der Waals surface area contributed by atoms with Crippen molar-refractivity contribution in [1.82, 2.24) is 15.3 Å². The zero-order valence-electron chi connectivity index (χ0n) is 21.8. The average Bonchev–Trinajstić information content (AvgIpc) is 2.90. The summed E-state index contributed by atoms with van der Waals surface area (Å²) >= 11 is 0. The Balaban J connectivity index is 1.58. The van der Waals surface area contributed by atoms with Crippen molar-refractivity contribution in [2.75, 3.05) is 29.9 Å². The van der Waals surface area contributed by atoms with Crippen LogP contribution in [0.25, 0.3) is 11.3 Å². The number of rotatable bonds is 8. The SMILES string of the molecule is CCOCc1cc(F)c(-c2nc(C(=O)Nc3cnccc3N3C[C@@H](N)[C@@H](NC(=O)O)[C@@H](C)C3)ccc2F)c(F)c1. The van der Waals surface area contributed by atoms with Crippen LogP contribution in [0.4, 0.5) is 29.3 Å². The maximum atomic E-state index is 14.8. The van der Waals surface area contributed by atoms with E-state index in [1.54, 1.807) is 13.0 Å². The number of carboxylic acid groups (broad SMARTS) is 1. The molecule has 212 valence electrons. The third-order valence-electron chi connectivity index (χ3n) is 6.58. The summed E-state index contributed by atoms with van der Waals surface area (Å²) in [6, 6.07) is 4.76. The molecule has 10 nitrogen and oxygen atoms in total. The predicted octanol–water partition coefficient (Wildman–Crippen LogP) is 3.77. The number of piperidine rings is 1. The molecule has 0 unspecified atom stereocenters. The third kappa shape index (κ3) is 6.32. The Hall–Kier alpha value is -4.23. The Morgan fingerprint density at radius 2 is 1.88 bits per heavy atom. The minimum atomic E-state index is -1.16. The van der Waals surface area contributed by atoms with E-state index in [2.05, 4.69) is 20.6 Å². The van der Waals surface area contributed by atoms with E-state index in [1.807, 2.05) is 11.8 Å². The van der Waals surface area contributed by atoms with Crippen LogP contribution in [0.1, 0.15) is 29.9 Å². The molecule has 5 N–H and O–H groups in total. The molecule has 3 atom stereocenters. The number of pyridine rings is 2. The number of benzene rings is 1. The van der Waals surface area contributed by atoms with Gasteiger partial charge in [0.05, 0.1) is 35.8 Å². The first-order chi connectivity index (χ1) is 19.1. The molecule has 2 aromatic heterocycles. The molecule has 1 aliphatic rings. The molecule has 0 spiro atoms. The molecule has 40 heavy (non-hydrogen) atoms. The number of hydrogen-bond acceptors (Lipinski definition) is 7. The minimum Gasteiger partial charge on any atom is -0.465 e. The largest absolute Gasteiger partial charge is 0.465 e. The summed E-state index contributed by atoms with van der Waals surface area (Å²) in [6.07, 6.45) is 1.77. The van der Waals surface area contributed by atoms with Gasteiger partial charge in [-0.05, 0) is 48.7 Å². The first kappa shape index (κ1) is 28.8. The molecule has 3 aromatic rings. The normalized spacial score (nSPS) is 18.9. The number of nitrogens with zero attached hydrogens (tertiary/aromatic N) is 3. The van der Waals surface area contributed by atoms with Gasteiger partial charge in [-0.1, -0.05) is 6.92 Å². The number of nitrogens with two attached hydrogens (primary N) is 1. The van der Waals surface area contributed by atoms with Gasteiger partial charge in [-0.2, -0.15) is 0 Å². The van der Waals surface area contributed by atoms with Crippen LogP contribution in [0.2, 0.25) is 0 Å². The number of amides is 2. The highest BCUT2D eigenvalue weighted by Gasteiger charge is 2.34. The van der Waals surface area contributed by atoms with E-state index in [9.17, 15) is 22.8 Å². The van der Waals surface area contributed by atoms with Crippen LogP contribution in [0.3, 0.4) is 0 Å². The highest BCUT2D eigenvalue weighted by Crippen LogP contribution is 2.31. The first-order valence-electron chi connectivity index (χ1n) is 12.6. The van der Waals surface area contributed by atoms with Gasteiger partial charge in [0.2, 0.25) is 0 Å². The van der Waals surface area contributed by atoms with Crippen molar-refractivity contribution >= 4 is 23.4 Å².